The Balaban J connectivity index is 1.58. The molecule has 2 heterocycles. The quantitative estimate of drug-likeness (QED) is 0.854. The standard InChI is InChI=1S/C18H25N3O4/c1-24-16-9-3-2-7-14(16)20-18(23)21-10-4-8-15(21)17(22)19-12-13-6-5-11-25-13/h2-3,7,9,13,15H,4-6,8,10-12H2,1H3,(H,19,22)(H,20,23)/t13-,15+/m1/s1. The third kappa shape index (κ3) is 4.22. The highest BCUT2D eigenvalue weighted by atomic mass is 16.5. The van der Waals surface area contributed by atoms with Gasteiger partial charge in [0.2, 0.25) is 5.91 Å². The number of likely N-dealkylation sites (tertiary alicyclic amines) is 1. The van der Waals surface area contributed by atoms with Crippen molar-refractivity contribution in [2.24, 2.45) is 0 Å². The van der Waals surface area contributed by atoms with Crippen molar-refractivity contribution in [3.63, 3.8) is 0 Å². The van der Waals surface area contributed by atoms with E-state index in [-0.39, 0.29) is 18.0 Å². The second-order valence-electron chi connectivity index (χ2n) is 6.36. The van der Waals surface area contributed by atoms with Gasteiger partial charge in [0.1, 0.15) is 11.8 Å². The Kier molecular flexibility index (Phi) is 5.75. The number of rotatable bonds is 5. The van der Waals surface area contributed by atoms with Crippen LogP contribution in [0.3, 0.4) is 0 Å². The van der Waals surface area contributed by atoms with E-state index in [0.29, 0.717) is 30.9 Å². The predicted octanol–water partition coefficient (Wildman–Crippen LogP) is 1.99. The highest BCUT2D eigenvalue weighted by Gasteiger charge is 2.34. The van der Waals surface area contributed by atoms with Gasteiger partial charge in [-0.25, -0.2) is 4.79 Å². The van der Waals surface area contributed by atoms with Crippen LogP contribution in [-0.2, 0) is 9.53 Å². The highest BCUT2D eigenvalue weighted by molar-refractivity contribution is 5.95. The lowest BCUT2D eigenvalue weighted by atomic mass is 10.2. The summed E-state index contributed by atoms with van der Waals surface area (Å²) in [7, 11) is 1.56. The zero-order valence-electron chi connectivity index (χ0n) is 14.5. The first-order valence-corrected chi connectivity index (χ1v) is 8.79. The molecule has 0 aliphatic carbocycles. The van der Waals surface area contributed by atoms with Crippen molar-refractivity contribution in [3.8, 4) is 5.75 Å². The average Bonchev–Trinajstić information content (AvgIpc) is 3.31. The molecule has 7 heteroatoms. The third-order valence-electron chi connectivity index (χ3n) is 4.69. The lowest BCUT2D eigenvalue weighted by Gasteiger charge is -2.25. The van der Waals surface area contributed by atoms with Crippen LogP contribution in [0.1, 0.15) is 25.7 Å². The minimum Gasteiger partial charge on any atom is -0.495 e. The Labute approximate surface area is 147 Å². The van der Waals surface area contributed by atoms with Gasteiger partial charge in [0.05, 0.1) is 18.9 Å². The normalized spacial score (nSPS) is 22.7. The summed E-state index contributed by atoms with van der Waals surface area (Å²) in [4.78, 5) is 26.7. The van der Waals surface area contributed by atoms with E-state index in [1.807, 2.05) is 12.1 Å². The smallest absolute Gasteiger partial charge is 0.322 e. The van der Waals surface area contributed by atoms with Crippen molar-refractivity contribution >= 4 is 17.6 Å². The number of anilines is 1. The van der Waals surface area contributed by atoms with E-state index in [9.17, 15) is 9.59 Å². The van der Waals surface area contributed by atoms with Crippen LogP contribution in [0.2, 0.25) is 0 Å². The topological polar surface area (TPSA) is 79.9 Å². The molecular formula is C18H25N3O4. The minimum atomic E-state index is -0.434. The SMILES string of the molecule is COc1ccccc1NC(=O)N1CCC[C@H]1C(=O)NC[C@H]1CCCO1. The van der Waals surface area contributed by atoms with E-state index in [1.54, 1.807) is 24.1 Å². The van der Waals surface area contributed by atoms with Gasteiger partial charge in [0, 0.05) is 19.7 Å². The van der Waals surface area contributed by atoms with Gasteiger partial charge < -0.3 is 25.0 Å². The van der Waals surface area contributed by atoms with E-state index in [4.69, 9.17) is 9.47 Å². The first kappa shape index (κ1) is 17.5. The molecule has 25 heavy (non-hydrogen) atoms. The van der Waals surface area contributed by atoms with Gasteiger partial charge in [-0.3, -0.25) is 4.79 Å². The molecule has 0 unspecified atom stereocenters. The van der Waals surface area contributed by atoms with Gasteiger partial charge in [0.25, 0.3) is 0 Å². The molecule has 2 atom stereocenters. The number of amides is 3. The van der Waals surface area contributed by atoms with Gasteiger partial charge in [-0.05, 0) is 37.8 Å². The summed E-state index contributed by atoms with van der Waals surface area (Å²) in [6.07, 6.45) is 3.61. The molecule has 3 rings (SSSR count). The number of nitrogens with one attached hydrogen (secondary N) is 2. The molecule has 2 aliphatic rings. The molecule has 2 aliphatic heterocycles. The Hall–Kier alpha value is -2.28. The molecule has 0 spiro atoms. The molecular weight excluding hydrogens is 322 g/mol. The molecule has 2 N–H and O–H groups in total. The van der Waals surface area contributed by atoms with Crippen molar-refractivity contribution in [2.45, 2.75) is 37.8 Å². The number of carbonyl (C=O) groups excluding carboxylic acids is 2. The lowest BCUT2D eigenvalue weighted by Crippen LogP contribution is -2.48. The molecule has 0 radical (unpaired) electrons. The molecule has 3 amide bonds. The monoisotopic (exact) mass is 347 g/mol. The first-order valence-electron chi connectivity index (χ1n) is 8.79. The molecule has 0 aromatic heterocycles. The summed E-state index contributed by atoms with van der Waals surface area (Å²) in [6.45, 7) is 1.84. The largest absolute Gasteiger partial charge is 0.495 e. The summed E-state index contributed by atoms with van der Waals surface area (Å²) in [6, 6.07) is 6.51. The molecule has 1 aromatic carbocycles. The molecule has 0 bridgehead atoms. The highest BCUT2D eigenvalue weighted by Crippen LogP contribution is 2.25. The van der Waals surface area contributed by atoms with Gasteiger partial charge in [-0.15, -0.1) is 0 Å². The molecule has 1 aromatic rings. The van der Waals surface area contributed by atoms with Crippen molar-refractivity contribution in [1.29, 1.82) is 0 Å². The number of methoxy groups -OCH3 is 1. The molecule has 2 saturated heterocycles. The summed E-state index contributed by atoms with van der Waals surface area (Å²) < 4.78 is 10.8. The summed E-state index contributed by atoms with van der Waals surface area (Å²) >= 11 is 0. The maximum absolute atomic E-state index is 12.6. The van der Waals surface area contributed by atoms with Gasteiger partial charge in [-0.2, -0.15) is 0 Å². The van der Waals surface area contributed by atoms with Crippen molar-refractivity contribution < 1.29 is 19.1 Å². The fourth-order valence-corrected chi connectivity index (χ4v) is 3.35. The molecule has 0 saturated carbocycles. The fourth-order valence-electron chi connectivity index (χ4n) is 3.35. The van der Waals surface area contributed by atoms with E-state index in [0.717, 1.165) is 25.9 Å². The van der Waals surface area contributed by atoms with Crippen molar-refractivity contribution in [1.82, 2.24) is 10.2 Å². The van der Waals surface area contributed by atoms with Crippen molar-refractivity contribution in [2.75, 3.05) is 32.1 Å². The van der Waals surface area contributed by atoms with Crippen LogP contribution in [-0.4, -0.2) is 55.8 Å². The van der Waals surface area contributed by atoms with Crippen LogP contribution in [0.4, 0.5) is 10.5 Å². The Morgan fingerprint density at radius 3 is 2.88 bits per heavy atom. The van der Waals surface area contributed by atoms with E-state index < -0.39 is 6.04 Å². The molecule has 2 fully saturated rings. The van der Waals surface area contributed by atoms with Gasteiger partial charge in [0.15, 0.2) is 0 Å². The van der Waals surface area contributed by atoms with E-state index >= 15 is 0 Å². The van der Waals surface area contributed by atoms with Gasteiger partial charge >= 0.3 is 6.03 Å². The summed E-state index contributed by atoms with van der Waals surface area (Å²) in [5.41, 5.74) is 0.598. The second kappa shape index (κ2) is 8.20. The zero-order chi connectivity index (χ0) is 17.6. The van der Waals surface area contributed by atoms with Crippen LogP contribution >= 0.6 is 0 Å². The number of nitrogens with zero attached hydrogens (tertiary/aromatic N) is 1. The summed E-state index contributed by atoms with van der Waals surface area (Å²) in [5.74, 6) is 0.484. The fraction of sp³-hybridized carbons (Fsp3) is 0.556. The second-order valence-corrected chi connectivity index (χ2v) is 6.36. The number of para-hydroxylation sites is 2. The van der Waals surface area contributed by atoms with Crippen LogP contribution < -0.4 is 15.4 Å². The number of hydrogen-bond donors (Lipinski definition) is 2. The van der Waals surface area contributed by atoms with Crippen molar-refractivity contribution in [3.05, 3.63) is 24.3 Å². The van der Waals surface area contributed by atoms with Crippen LogP contribution in [0.25, 0.3) is 0 Å². The zero-order valence-corrected chi connectivity index (χ0v) is 14.5. The lowest BCUT2D eigenvalue weighted by molar-refractivity contribution is -0.125. The Bertz CT molecular complexity index is 616. The number of urea groups is 1. The minimum absolute atomic E-state index is 0.0983. The van der Waals surface area contributed by atoms with Crippen LogP contribution in [0, 0.1) is 0 Å². The Morgan fingerprint density at radius 2 is 2.12 bits per heavy atom. The van der Waals surface area contributed by atoms with Crippen LogP contribution in [0.15, 0.2) is 24.3 Å². The van der Waals surface area contributed by atoms with Gasteiger partial charge in [-0.1, -0.05) is 12.1 Å². The number of benzene rings is 1. The Morgan fingerprint density at radius 1 is 1.28 bits per heavy atom. The first-order chi connectivity index (χ1) is 12.2. The number of carbonyl (C=O) groups is 2. The number of hydrogen-bond acceptors (Lipinski definition) is 4. The predicted molar refractivity (Wildman–Crippen MR) is 93.7 cm³/mol. The maximum atomic E-state index is 12.6. The van der Waals surface area contributed by atoms with Crippen LogP contribution in [0.5, 0.6) is 5.75 Å². The van der Waals surface area contributed by atoms with E-state index in [2.05, 4.69) is 10.6 Å². The molecule has 7 nitrogen and oxygen atoms in total. The molecule has 136 valence electrons. The summed E-state index contributed by atoms with van der Waals surface area (Å²) in [5, 5.41) is 5.77. The number of ether oxygens (including phenoxy) is 2. The third-order valence-corrected chi connectivity index (χ3v) is 4.69. The maximum Gasteiger partial charge on any atom is 0.322 e. The average molecular weight is 347 g/mol. The van der Waals surface area contributed by atoms with E-state index in [1.165, 1.54) is 0 Å².